The van der Waals surface area contributed by atoms with E-state index in [1.807, 2.05) is 0 Å². The lowest BCUT2D eigenvalue weighted by atomic mass is 9.78. The molecule has 0 radical (unpaired) electrons. The van der Waals surface area contributed by atoms with Crippen LogP contribution in [0.25, 0.3) is 0 Å². The Bertz CT molecular complexity index is 1090. The van der Waals surface area contributed by atoms with E-state index in [1.54, 1.807) is 35.6 Å². The van der Waals surface area contributed by atoms with Crippen LogP contribution in [0.3, 0.4) is 0 Å². The first-order chi connectivity index (χ1) is 17.6. The standard InChI is InChI=1S/C25H28F3N5O4/c26-25(27,28)24(37)30-12-20(34)33-13-15-6-4-5-9-19(15)21(33)23(36)32-14-16(10-18(32)11-29)22(35)31-17-7-2-1-3-8-17/h1-3,7-8,15-16,18-19,21H,4-6,9-10,12-14H2,(H,30,37)(H,31,35)/t15?,16?,18?,19?,21-/m0/s1. The molecule has 198 valence electrons. The Hall–Kier alpha value is -3.62. The maximum atomic E-state index is 13.8. The minimum absolute atomic E-state index is 0.00352. The number of benzene rings is 1. The summed E-state index contributed by atoms with van der Waals surface area (Å²) in [7, 11) is 0. The third-order valence-corrected chi connectivity index (χ3v) is 7.52. The third kappa shape index (κ3) is 5.70. The number of nitrogens with zero attached hydrogens (tertiary/aromatic N) is 3. The number of carbonyl (C=O) groups excluding carboxylic acids is 4. The van der Waals surface area contributed by atoms with Crippen molar-refractivity contribution in [2.75, 3.05) is 25.0 Å². The van der Waals surface area contributed by atoms with E-state index in [2.05, 4.69) is 11.4 Å². The quantitative estimate of drug-likeness (QED) is 0.617. The van der Waals surface area contributed by atoms with E-state index >= 15 is 0 Å². The van der Waals surface area contributed by atoms with Crippen molar-refractivity contribution >= 4 is 29.3 Å². The van der Waals surface area contributed by atoms with Crippen molar-refractivity contribution in [3.8, 4) is 6.07 Å². The molecule has 2 heterocycles. The highest BCUT2D eigenvalue weighted by molar-refractivity contribution is 5.95. The molecule has 1 saturated carbocycles. The Balaban J connectivity index is 1.49. The number of nitrogens with one attached hydrogen (secondary N) is 2. The minimum atomic E-state index is -5.13. The number of rotatable bonds is 5. The third-order valence-electron chi connectivity index (χ3n) is 7.52. The highest BCUT2D eigenvalue weighted by Crippen LogP contribution is 2.42. The number of carbonyl (C=O) groups is 4. The topological polar surface area (TPSA) is 123 Å². The number of alkyl halides is 3. The van der Waals surface area contributed by atoms with Gasteiger partial charge in [0.05, 0.1) is 18.5 Å². The van der Waals surface area contributed by atoms with Crippen LogP contribution < -0.4 is 10.6 Å². The zero-order valence-corrected chi connectivity index (χ0v) is 20.0. The van der Waals surface area contributed by atoms with E-state index in [4.69, 9.17) is 0 Å². The molecule has 2 saturated heterocycles. The van der Waals surface area contributed by atoms with Crippen molar-refractivity contribution in [1.29, 1.82) is 5.26 Å². The first-order valence-corrected chi connectivity index (χ1v) is 12.3. The van der Waals surface area contributed by atoms with Gasteiger partial charge in [-0.15, -0.1) is 0 Å². The zero-order chi connectivity index (χ0) is 26.7. The molecule has 4 unspecified atom stereocenters. The van der Waals surface area contributed by atoms with Gasteiger partial charge in [-0.05, 0) is 43.2 Å². The molecule has 0 spiro atoms. The molecule has 2 aliphatic heterocycles. The lowest BCUT2D eigenvalue weighted by molar-refractivity contribution is -0.174. The summed E-state index contributed by atoms with van der Waals surface area (Å²) in [6.45, 7) is -0.688. The maximum absolute atomic E-state index is 13.8. The molecule has 1 aromatic carbocycles. The van der Waals surface area contributed by atoms with E-state index in [1.165, 1.54) is 9.80 Å². The molecular weight excluding hydrogens is 491 g/mol. The molecule has 1 aliphatic carbocycles. The average Bonchev–Trinajstić information content (AvgIpc) is 3.49. The van der Waals surface area contributed by atoms with Crippen LogP contribution in [0.2, 0.25) is 0 Å². The molecule has 37 heavy (non-hydrogen) atoms. The van der Waals surface area contributed by atoms with Gasteiger partial charge in [0.1, 0.15) is 12.1 Å². The number of nitriles is 1. The van der Waals surface area contributed by atoms with Gasteiger partial charge >= 0.3 is 12.1 Å². The molecule has 2 N–H and O–H groups in total. The van der Waals surface area contributed by atoms with Gasteiger partial charge in [-0.1, -0.05) is 31.0 Å². The average molecular weight is 520 g/mol. The van der Waals surface area contributed by atoms with Gasteiger partial charge in [-0.2, -0.15) is 18.4 Å². The molecule has 3 fully saturated rings. The van der Waals surface area contributed by atoms with E-state index < -0.39 is 48.4 Å². The van der Waals surface area contributed by atoms with Crippen molar-refractivity contribution in [1.82, 2.24) is 15.1 Å². The predicted molar refractivity (Wildman–Crippen MR) is 124 cm³/mol. The highest BCUT2D eigenvalue weighted by atomic mass is 19.4. The Morgan fingerprint density at radius 1 is 1.03 bits per heavy atom. The summed E-state index contributed by atoms with van der Waals surface area (Å²) in [5.41, 5.74) is 0.587. The van der Waals surface area contributed by atoms with Crippen LogP contribution in [0.4, 0.5) is 18.9 Å². The van der Waals surface area contributed by atoms with Gasteiger partial charge in [-0.3, -0.25) is 19.2 Å². The molecule has 5 atom stereocenters. The molecule has 4 amide bonds. The fourth-order valence-electron chi connectivity index (χ4n) is 5.73. The Morgan fingerprint density at radius 2 is 1.73 bits per heavy atom. The number of para-hydroxylation sites is 1. The van der Waals surface area contributed by atoms with E-state index in [0.717, 1.165) is 19.3 Å². The first-order valence-electron chi connectivity index (χ1n) is 12.3. The largest absolute Gasteiger partial charge is 0.471 e. The lowest BCUT2D eigenvalue weighted by Gasteiger charge is -2.33. The molecule has 12 heteroatoms. The summed E-state index contributed by atoms with van der Waals surface area (Å²) in [6.07, 6.45) is -1.78. The molecule has 0 bridgehead atoms. The number of anilines is 1. The Morgan fingerprint density at radius 3 is 2.41 bits per heavy atom. The van der Waals surface area contributed by atoms with Crippen molar-refractivity contribution in [3.05, 3.63) is 30.3 Å². The van der Waals surface area contributed by atoms with Gasteiger partial charge in [0.25, 0.3) is 0 Å². The lowest BCUT2D eigenvalue weighted by Crippen LogP contribution is -2.53. The van der Waals surface area contributed by atoms with Crippen molar-refractivity contribution in [2.45, 2.75) is 50.4 Å². The highest BCUT2D eigenvalue weighted by Gasteiger charge is 2.52. The van der Waals surface area contributed by atoms with Gasteiger partial charge in [0, 0.05) is 18.8 Å². The number of amides is 4. The zero-order valence-electron chi connectivity index (χ0n) is 20.0. The molecule has 1 aromatic rings. The predicted octanol–water partition coefficient (Wildman–Crippen LogP) is 2.06. The summed E-state index contributed by atoms with van der Waals surface area (Å²) in [6, 6.07) is 9.04. The normalized spacial score (nSPS) is 27.2. The second-order valence-corrected chi connectivity index (χ2v) is 9.80. The van der Waals surface area contributed by atoms with Crippen molar-refractivity contribution in [2.24, 2.45) is 17.8 Å². The first kappa shape index (κ1) is 26.4. The van der Waals surface area contributed by atoms with Crippen LogP contribution >= 0.6 is 0 Å². The number of fused-ring (bicyclic) bond motifs is 1. The van der Waals surface area contributed by atoms with Crippen LogP contribution in [0.1, 0.15) is 32.1 Å². The molecule has 0 aromatic heterocycles. The fraction of sp³-hybridized carbons (Fsp3) is 0.560. The second-order valence-electron chi connectivity index (χ2n) is 9.80. The van der Waals surface area contributed by atoms with Gasteiger partial charge in [0.15, 0.2) is 0 Å². The molecule has 3 aliphatic rings. The molecule has 9 nitrogen and oxygen atoms in total. The number of hydrogen-bond acceptors (Lipinski definition) is 5. The second kappa shape index (κ2) is 10.8. The van der Waals surface area contributed by atoms with E-state index in [0.29, 0.717) is 12.1 Å². The smallest absolute Gasteiger partial charge is 0.339 e. The Labute approximate surface area is 212 Å². The number of likely N-dealkylation sites (tertiary alicyclic amines) is 2. The monoisotopic (exact) mass is 519 g/mol. The van der Waals surface area contributed by atoms with Crippen molar-refractivity contribution < 1.29 is 32.3 Å². The van der Waals surface area contributed by atoms with Crippen LogP contribution in [0.15, 0.2) is 30.3 Å². The minimum Gasteiger partial charge on any atom is -0.339 e. The van der Waals surface area contributed by atoms with Crippen LogP contribution in [0.5, 0.6) is 0 Å². The summed E-state index contributed by atoms with van der Waals surface area (Å²) in [4.78, 5) is 53.4. The summed E-state index contributed by atoms with van der Waals surface area (Å²) < 4.78 is 37.8. The SMILES string of the molecule is N#CC1CC(C(=O)Nc2ccccc2)CN1C(=O)[C@@H]1C2CCCCC2CN1C(=O)CNC(=O)C(F)(F)F. The summed E-state index contributed by atoms with van der Waals surface area (Å²) >= 11 is 0. The number of hydrogen-bond donors (Lipinski definition) is 2. The van der Waals surface area contributed by atoms with Crippen LogP contribution in [0, 0.1) is 29.1 Å². The summed E-state index contributed by atoms with van der Waals surface area (Å²) in [5.74, 6) is -4.64. The van der Waals surface area contributed by atoms with Crippen LogP contribution in [-0.2, 0) is 19.2 Å². The summed E-state index contributed by atoms with van der Waals surface area (Å²) in [5, 5.41) is 14.1. The van der Waals surface area contributed by atoms with Crippen molar-refractivity contribution in [3.63, 3.8) is 0 Å². The number of halogens is 3. The van der Waals surface area contributed by atoms with Gasteiger partial charge in [-0.25, -0.2) is 0 Å². The Kier molecular flexibility index (Phi) is 7.71. The van der Waals surface area contributed by atoms with Crippen LogP contribution in [-0.4, -0.2) is 71.3 Å². The van der Waals surface area contributed by atoms with Gasteiger partial charge in [0.2, 0.25) is 17.7 Å². The van der Waals surface area contributed by atoms with E-state index in [9.17, 15) is 37.6 Å². The maximum Gasteiger partial charge on any atom is 0.471 e. The fourth-order valence-corrected chi connectivity index (χ4v) is 5.73. The molecule has 4 rings (SSSR count). The molecular formula is C25H28F3N5O4. The van der Waals surface area contributed by atoms with E-state index in [-0.39, 0.29) is 37.3 Å². The van der Waals surface area contributed by atoms with Gasteiger partial charge < -0.3 is 20.4 Å².